The van der Waals surface area contributed by atoms with E-state index in [-0.39, 0.29) is 12.0 Å². The second-order valence-electron chi connectivity index (χ2n) is 2.92. The molecule has 0 aromatic heterocycles. The molecule has 0 aliphatic rings. The van der Waals surface area contributed by atoms with Crippen LogP contribution in [-0.2, 0) is 0 Å². The van der Waals surface area contributed by atoms with Crippen LogP contribution >= 0.6 is 0 Å². The molecule has 0 aliphatic heterocycles. The van der Waals surface area contributed by atoms with E-state index in [0.29, 0.717) is 6.54 Å². The second-order valence-corrected chi connectivity index (χ2v) is 2.92. The molecular weight excluding hydrogens is 126 g/mol. The van der Waals surface area contributed by atoms with Gasteiger partial charge in [-0.25, -0.2) is 0 Å². The molecule has 2 heteroatoms. The fraction of sp³-hybridized carbons (Fsp3) is 1.00. The van der Waals surface area contributed by atoms with Gasteiger partial charge in [0.1, 0.15) is 0 Å². The Morgan fingerprint density at radius 2 is 2.10 bits per heavy atom. The number of rotatable bonds is 5. The second kappa shape index (κ2) is 5.69. The predicted molar refractivity (Wildman–Crippen MR) is 43.8 cm³/mol. The molecule has 10 heavy (non-hydrogen) atoms. The molecule has 0 heterocycles. The smallest absolute Gasteiger partial charge is 0.0577 e. The minimum Gasteiger partial charge on any atom is -0.393 e. The number of hydrogen-bond acceptors (Lipinski definition) is 2. The Bertz CT molecular complexity index is 75.7. The zero-order valence-corrected chi connectivity index (χ0v) is 7.01. The lowest BCUT2D eigenvalue weighted by Gasteiger charge is -2.15. The number of hydrogen-bond donors (Lipinski definition) is 2. The van der Waals surface area contributed by atoms with E-state index in [1.165, 1.54) is 0 Å². The van der Waals surface area contributed by atoms with Crippen molar-refractivity contribution >= 4 is 0 Å². The Morgan fingerprint density at radius 1 is 1.50 bits per heavy atom. The summed E-state index contributed by atoms with van der Waals surface area (Å²) in [6.07, 6.45) is 2.96. The molecule has 2 atom stereocenters. The maximum absolute atomic E-state index is 9.37. The maximum Gasteiger partial charge on any atom is 0.0577 e. The Hall–Kier alpha value is -0.0800. The van der Waals surface area contributed by atoms with Crippen LogP contribution in [0.4, 0.5) is 0 Å². The first-order valence-corrected chi connectivity index (χ1v) is 4.10. The molecule has 0 saturated heterocycles. The quantitative estimate of drug-likeness (QED) is 0.609. The van der Waals surface area contributed by atoms with Crippen LogP contribution < -0.4 is 5.73 Å². The molecule has 0 aliphatic carbocycles. The third kappa shape index (κ3) is 3.85. The molecule has 0 saturated carbocycles. The molecule has 0 spiro atoms. The van der Waals surface area contributed by atoms with Gasteiger partial charge in [-0.3, -0.25) is 0 Å². The molecule has 0 radical (unpaired) electrons. The maximum atomic E-state index is 9.37. The van der Waals surface area contributed by atoms with Crippen LogP contribution in [0.2, 0.25) is 0 Å². The van der Waals surface area contributed by atoms with Crippen molar-refractivity contribution in [3.63, 3.8) is 0 Å². The van der Waals surface area contributed by atoms with Crippen molar-refractivity contribution in [3.05, 3.63) is 0 Å². The van der Waals surface area contributed by atoms with Gasteiger partial charge in [0.05, 0.1) is 6.10 Å². The largest absolute Gasteiger partial charge is 0.393 e. The van der Waals surface area contributed by atoms with Crippen molar-refractivity contribution in [2.24, 2.45) is 11.7 Å². The third-order valence-corrected chi connectivity index (χ3v) is 1.88. The summed E-state index contributed by atoms with van der Waals surface area (Å²) in [5.74, 6) is 0.256. The molecule has 0 fully saturated rings. The highest BCUT2D eigenvalue weighted by Gasteiger charge is 2.10. The van der Waals surface area contributed by atoms with Crippen molar-refractivity contribution in [1.29, 1.82) is 0 Å². The fourth-order valence-electron chi connectivity index (χ4n) is 0.855. The van der Waals surface area contributed by atoms with Crippen LogP contribution in [0, 0.1) is 5.92 Å². The summed E-state index contributed by atoms with van der Waals surface area (Å²) < 4.78 is 0. The van der Waals surface area contributed by atoms with E-state index in [0.717, 1.165) is 19.3 Å². The van der Waals surface area contributed by atoms with Crippen molar-refractivity contribution in [2.75, 3.05) is 6.54 Å². The lowest BCUT2D eigenvalue weighted by atomic mass is 10.0. The predicted octanol–water partition coefficient (Wildman–Crippen LogP) is 1.13. The van der Waals surface area contributed by atoms with Gasteiger partial charge >= 0.3 is 0 Å². The zero-order chi connectivity index (χ0) is 7.98. The lowest BCUT2D eigenvalue weighted by molar-refractivity contribution is 0.109. The molecule has 0 amide bonds. The van der Waals surface area contributed by atoms with Crippen molar-refractivity contribution in [2.45, 2.75) is 39.2 Å². The topological polar surface area (TPSA) is 46.2 Å². The van der Waals surface area contributed by atoms with E-state index >= 15 is 0 Å². The third-order valence-electron chi connectivity index (χ3n) is 1.88. The highest BCUT2D eigenvalue weighted by Crippen LogP contribution is 2.08. The molecular formula is C8H19NO. The summed E-state index contributed by atoms with van der Waals surface area (Å²) in [6, 6.07) is 0. The SMILES string of the molecule is CCCCC(O)C(C)CN. The van der Waals surface area contributed by atoms with Gasteiger partial charge in [-0.15, -0.1) is 0 Å². The average Bonchev–Trinajstić information content (AvgIpc) is 1.98. The van der Waals surface area contributed by atoms with Gasteiger partial charge in [0.15, 0.2) is 0 Å². The van der Waals surface area contributed by atoms with Crippen molar-refractivity contribution < 1.29 is 5.11 Å². The number of aliphatic hydroxyl groups is 1. The summed E-state index contributed by atoms with van der Waals surface area (Å²) in [5, 5.41) is 9.37. The first-order valence-electron chi connectivity index (χ1n) is 4.10. The van der Waals surface area contributed by atoms with Crippen LogP contribution in [0.5, 0.6) is 0 Å². The molecule has 62 valence electrons. The van der Waals surface area contributed by atoms with Gasteiger partial charge in [0.25, 0.3) is 0 Å². The monoisotopic (exact) mass is 145 g/mol. The Labute approximate surface area is 63.4 Å². The van der Waals surface area contributed by atoms with Crippen LogP contribution in [0.3, 0.4) is 0 Å². The number of nitrogens with two attached hydrogens (primary N) is 1. The van der Waals surface area contributed by atoms with Gasteiger partial charge in [-0.2, -0.15) is 0 Å². The Morgan fingerprint density at radius 3 is 2.50 bits per heavy atom. The number of unbranched alkanes of at least 4 members (excludes halogenated alkanes) is 1. The van der Waals surface area contributed by atoms with Gasteiger partial charge < -0.3 is 10.8 Å². The molecule has 3 N–H and O–H groups in total. The van der Waals surface area contributed by atoms with E-state index in [1.54, 1.807) is 0 Å². The summed E-state index contributed by atoms with van der Waals surface area (Å²) >= 11 is 0. The van der Waals surface area contributed by atoms with Crippen LogP contribution in [0.1, 0.15) is 33.1 Å². The summed E-state index contributed by atoms with van der Waals surface area (Å²) in [6.45, 7) is 4.70. The molecule has 0 bridgehead atoms. The lowest BCUT2D eigenvalue weighted by Crippen LogP contribution is -2.24. The normalized spacial score (nSPS) is 16.8. The van der Waals surface area contributed by atoms with E-state index < -0.39 is 0 Å². The van der Waals surface area contributed by atoms with Gasteiger partial charge in [0, 0.05) is 0 Å². The van der Waals surface area contributed by atoms with E-state index in [4.69, 9.17) is 5.73 Å². The zero-order valence-electron chi connectivity index (χ0n) is 7.01. The van der Waals surface area contributed by atoms with E-state index in [9.17, 15) is 5.11 Å². The first-order chi connectivity index (χ1) is 4.72. The molecule has 2 unspecified atom stereocenters. The molecule has 0 aromatic carbocycles. The van der Waals surface area contributed by atoms with Gasteiger partial charge in [0.2, 0.25) is 0 Å². The Kier molecular flexibility index (Phi) is 5.64. The van der Waals surface area contributed by atoms with Crippen LogP contribution in [-0.4, -0.2) is 17.8 Å². The van der Waals surface area contributed by atoms with Gasteiger partial charge in [-0.1, -0.05) is 26.7 Å². The first kappa shape index (κ1) is 9.92. The average molecular weight is 145 g/mol. The van der Waals surface area contributed by atoms with E-state index in [2.05, 4.69) is 6.92 Å². The fourth-order valence-corrected chi connectivity index (χ4v) is 0.855. The molecule has 0 aromatic rings. The summed E-state index contributed by atoms with van der Waals surface area (Å²) in [5.41, 5.74) is 5.38. The van der Waals surface area contributed by atoms with E-state index in [1.807, 2.05) is 6.92 Å². The van der Waals surface area contributed by atoms with Crippen molar-refractivity contribution in [3.8, 4) is 0 Å². The highest BCUT2D eigenvalue weighted by atomic mass is 16.3. The van der Waals surface area contributed by atoms with Gasteiger partial charge in [-0.05, 0) is 18.9 Å². The number of aliphatic hydroxyl groups excluding tert-OH is 1. The van der Waals surface area contributed by atoms with Crippen LogP contribution in [0.15, 0.2) is 0 Å². The van der Waals surface area contributed by atoms with Crippen molar-refractivity contribution in [1.82, 2.24) is 0 Å². The Balaban J connectivity index is 3.31. The molecule has 2 nitrogen and oxygen atoms in total. The minimum absolute atomic E-state index is 0.190. The van der Waals surface area contributed by atoms with Crippen LogP contribution in [0.25, 0.3) is 0 Å². The highest BCUT2D eigenvalue weighted by molar-refractivity contribution is 4.64. The minimum atomic E-state index is -0.190. The molecule has 0 rings (SSSR count). The summed E-state index contributed by atoms with van der Waals surface area (Å²) in [7, 11) is 0. The summed E-state index contributed by atoms with van der Waals surface area (Å²) in [4.78, 5) is 0. The standard InChI is InChI=1S/C8H19NO/c1-3-4-5-8(10)7(2)6-9/h7-8,10H,3-6,9H2,1-2H3.